The Balaban J connectivity index is 2.30. The van der Waals surface area contributed by atoms with Crippen LogP contribution in [-0.4, -0.2) is 20.2 Å². The molecule has 0 aliphatic rings. The number of benzene rings is 1. The second kappa shape index (κ2) is 4.70. The van der Waals surface area contributed by atoms with Crippen LogP contribution in [0.25, 0.3) is 22.4 Å². The minimum Gasteiger partial charge on any atom is -0.285 e. The minimum absolute atomic E-state index is 0.581. The molecule has 2 heterocycles. The third-order valence-corrected chi connectivity index (χ3v) is 2.83. The molecule has 0 spiro atoms. The van der Waals surface area contributed by atoms with Gasteiger partial charge < -0.3 is 0 Å². The van der Waals surface area contributed by atoms with Crippen LogP contribution in [0.1, 0.15) is 5.56 Å². The molecule has 3 aromatic rings. The van der Waals surface area contributed by atoms with Gasteiger partial charge in [0.1, 0.15) is 6.33 Å². The van der Waals surface area contributed by atoms with Crippen LogP contribution >= 0.6 is 0 Å². The van der Waals surface area contributed by atoms with Crippen LogP contribution in [0, 0.1) is 11.3 Å². The molecule has 0 radical (unpaired) electrons. The third-order valence-electron chi connectivity index (χ3n) is 2.83. The topological polar surface area (TPSA) is 78.2 Å². The first-order valence-electron chi connectivity index (χ1n) is 5.69. The molecule has 0 atom stereocenters. The molecular formula is C14H9N5. The SMILES string of the molecule is N#Cc1cccc(-c2cn[nH]c2)c1-c1ccncn1. The highest BCUT2D eigenvalue weighted by atomic mass is 15.1. The molecule has 1 N–H and O–H groups in total. The molecule has 0 aliphatic heterocycles. The van der Waals surface area contributed by atoms with Crippen molar-refractivity contribution < 1.29 is 0 Å². The van der Waals surface area contributed by atoms with Gasteiger partial charge in [-0.2, -0.15) is 10.4 Å². The van der Waals surface area contributed by atoms with E-state index in [9.17, 15) is 5.26 Å². The molecule has 90 valence electrons. The molecule has 19 heavy (non-hydrogen) atoms. The molecule has 5 nitrogen and oxygen atoms in total. The van der Waals surface area contributed by atoms with Crippen molar-refractivity contribution in [2.24, 2.45) is 0 Å². The molecule has 5 heteroatoms. The van der Waals surface area contributed by atoms with Gasteiger partial charge in [-0.05, 0) is 17.7 Å². The summed E-state index contributed by atoms with van der Waals surface area (Å²) >= 11 is 0. The lowest BCUT2D eigenvalue weighted by Gasteiger charge is -2.09. The molecule has 0 aliphatic carbocycles. The van der Waals surface area contributed by atoms with Crippen molar-refractivity contribution in [3.8, 4) is 28.5 Å². The summed E-state index contributed by atoms with van der Waals surface area (Å²) in [4.78, 5) is 8.14. The Morgan fingerprint density at radius 2 is 2.16 bits per heavy atom. The van der Waals surface area contributed by atoms with Gasteiger partial charge in [-0.15, -0.1) is 0 Å². The van der Waals surface area contributed by atoms with E-state index in [1.54, 1.807) is 30.7 Å². The Morgan fingerprint density at radius 1 is 1.21 bits per heavy atom. The first-order chi connectivity index (χ1) is 9.40. The summed E-state index contributed by atoms with van der Waals surface area (Å²) < 4.78 is 0. The summed E-state index contributed by atoms with van der Waals surface area (Å²) in [7, 11) is 0. The van der Waals surface area contributed by atoms with Crippen molar-refractivity contribution in [2.45, 2.75) is 0 Å². The fourth-order valence-corrected chi connectivity index (χ4v) is 2.00. The highest BCUT2D eigenvalue weighted by Crippen LogP contribution is 2.32. The fourth-order valence-electron chi connectivity index (χ4n) is 2.00. The second-order valence-corrected chi connectivity index (χ2v) is 3.92. The van der Waals surface area contributed by atoms with Crippen LogP contribution in [0.15, 0.2) is 49.2 Å². The maximum Gasteiger partial charge on any atom is 0.116 e. The number of hydrogen-bond donors (Lipinski definition) is 1. The zero-order valence-electron chi connectivity index (χ0n) is 9.91. The van der Waals surface area contributed by atoms with E-state index < -0.39 is 0 Å². The van der Waals surface area contributed by atoms with Crippen molar-refractivity contribution in [1.29, 1.82) is 5.26 Å². The monoisotopic (exact) mass is 247 g/mol. The van der Waals surface area contributed by atoms with Gasteiger partial charge in [-0.3, -0.25) is 5.10 Å². The van der Waals surface area contributed by atoms with Gasteiger partial charge in [0.05, 0.1) is 23.5 Å². The standard InChI is InChI=1S/C14H9N5/c15-6-10-2-1-3-12(11-7-18-19-8-11)14(10)13-4-5-16-9-17-13/h1-5,7-9H,(H,18,19). The molecule has 2 aromatic heterocycles. The van der Waals surface area contributed by atoms with Gasteiger partial charge in [-0.25, -0.2) is 9.97 Å². The summed E-state index contributed by atoms with van der Waals surface area (Å²) in [6.07, 6.45) is 6.65. The Kier molecular flexibility index (Phi) is 2.75. The second-order valence-electron chi connectivity index (χ2n) is 3.92. The quantitative estimate of drug-likeness (QED) is 0.754. The summed E-state index contributed by atoms with van der Waals surface area (Å²) in [6.45, 7) is 0. The average molecular weight is 247 g/mol. The molecule has 0 saturated heterocycles. The molecule has 3 rings (SSSR count). The lowest BCUT2D eigenvalue weighted by Crippen LogP contribution is -1.92. The van der Waals surface area contributed by atoms with E-state index in [0.29, 0.717) is 5.56 Å². The fraction of sp³-hybridized carbons (Fsp3) is 0. The lowest BCUT2D eigenvalue weighted by molar-refractivity contribution is 1.09. The van der Waals surface area contributed by atoms with E-state index in [4.69, 9.17) is 0 Å². The number of rotatable bonds is 2. The summed E-state index contributed by atoms with van der Waals surface area (Å²) in [5.41, 5.74) is 3.95. The lowest BCUT2D eigenvalue weighted by atomic mass is 9.95. The largest absolute Gasteiger partial charge is 0.285 e. The molecule has 1 aromatic carbocycles. The Morgan fingerprint density at radius 3 is 2.84 bits per heavy atom. The van der Waals surface area contributed by atoms with Crippen molar-refractivity contribution in [2.75, 3.05) is 0 Å². The number of nitrogens with zero attached hydrogens (tertiary/aromatic N) is 4. The number of aromatic nitrogens is 4. The van der Waals surface area contributed by atoms with Gasteiger partial charge in [0.2, 0.25) is 0 Å². The van der Waals surface area contributed by atoms with E-state index in [-0.39, 0.29) is 0 Å². The third kappa shape index (κ3) is 1.96. The van der Waals surface area contributed by atoms with E-state index in [1.807, 2.05) is 12.1 Å². The highest BCUT2D eigenvalue weighted by molar-refractivity contribution is 5.85. The zero-order valence-corrected chi connectivity index (χ0v) is 9.91. The summed E-state index contributed by atoms with van der Waals surface area (Å²) in [5, 5.41) is 16.0. The van der Waals surface area contributed by atoms with Crippen molar-refractivity contribution in [1.82, 2.24) is 20.2 Å². The van der Waals surface area contributed by atoms with Crippen LogP contribution in [-0.2, 0) is 0 Å². The summed E-state index contributed by atoms with van der Waals surface area (Å²) in [6, 6.07) is 9.58. The van der Waals surface area contributed by atoms with Crippen LogP contribution < -0.4 is 0 Å². The smallest absolute Gasteiger partial charge is 0.116 e. The van der Waals surface area contributed by atoms with Gasteiger partial charge in [0.15, 0.2) is 0 Å². The molecular weight excluding hydrogens is 238 g/mol. The van der Waals surface area contributed by atoms with E-state index >= 15 is 0 Å². The first kappa shape index (κ1) is 11.1. The molecule has 0 bridgehead atoms. The summed E-state index contributed by atoms with van der Waals surface area (Å²) in [5.74, 6) is 0. The number of nitriles is 1. The minimum atomic E-state index is 0.581. The Hall–Kier alpha value is -3.00. The predicted molar refractivity (Wildman–Crippen MR) is 69.8 cm³/mol. The highest BCUT2D eigenvalue weighted by Gasteiger charge is 2.13. The first-order valence-corrected chi connectivity index (χ1v) is 5.69. The Bertz CT molecular complexity index is 726. The molecule has 0 fully saturated rings. The Labute approximate surface area is 109 Å². The average Bonchev–Trinajstić information content (AvgIpc) is 3.01. The number of aromatic amines is 1. The van der Waals surface area contributed by atoms with Crippen LogP contribution in [0.2, 0.25) is 0 Å². The number of nitrogens with one attached hydrogen (secondary N) is 1. The predicted octanol–water partition coefficient (Wildman–Crippen LogP) is 2.41. The normalized spacial score (nSPS) is 10.1. The van der Waals surface area contributed by atoms with Gasteiger partial charge in [0, 0.05) is 23.5 Å². The molecule has 0 saturated carbocycles. The van der Waals surface area contributed by atoms with E-state index in [1.165, 1.54) is 6.33 Å². The van der Waals surface area contributed by atoms with Gasteiger partial charge in [0.25, 0.3) is 0 Å². The van der Waals surface area contributed by atoms with Crippen LogP contribution in [0.5, 0.6) is 0 Å². The maximum absolute atomic E-state index is 9.28. The van der Waals surface area contributed by atoms with Crippen molar-refractivity contribution in [3.63, 3.8) is 0 Å². The van der Waals surface area contributed by atoms with Crippen molar-refractivity contribution >= 4 is 0 Å². The molecule has 0 amide bonds. The van der Waals surface area contributed by atoms with Gasteiger partial charge in [-0.1, -0.05) is 12.1 Å². The number of hydrogen-bond acceptors (Lipinski definition) is 4. The van der Waals surface area contributed by atoms with Crippen molar-refractivity contribution in [3.05, 3.63) is 54.7 Å². The van der Waals surface area contributed by atoms with E-state index in [0.717, 1.165) is 22.4 Å². The number of H-pyrrole nitrogens is 1. The van der Waals surface area contributed by atoms with Crippen LogP contribution in [0.4, 0.5) is 0 Å². The molecule has 0 unspecified atom stereocenters. The van der Waals surface area contributed by atoms with E-state index in [2.05, 4.69) is 26.2 Å². The zero-order chi connectivity index (χ0) is 13.1. The van der Waals surface area contributed by atoms with Gasteiger partial charge >= 0.3 is 0 Å². The van der Waals surface area contributed by atoms with Crippen LogP contribution in [0.3, 0.4) is 0 Å². The maximum atomic E-state index is 9.28.